The molecule has 1 aliphatic carbocycles. The maximum absolute atomic E-state index is 12.8. The number of furan rings is 1. The number of amides is 1. The van der Waals surface area contributed by atoms with Crippen LogP contribution in [0.1, 0.15) is 36.1 Å². The highest BCUT2D eigenvalue weighted by atomic mass is 16.3. The number of aromatic nitrogens is 3. The first-order valence-corrected chi connectivity index (χ1v) is 9.19. The van der Waals surface area contributed by atoms with Gasteiger partial charge in [0, 0.05) is 5.69 Å². The third-order valence-corrected chi connectivity index (χ3v) is 4.99. The van der Waals surface area contributed by atoms with Crippen molar-refractivity contribution in [3.05, 3.63) is 57.7 Å². The largest absolute Gasteiger partial charge is 0.465 e. The van der Waals surface area contributed by atoms with E-state index in [1.807, 2.05) is 25.1 Å². The molecule has 27 heavy (non-hydrogen) atoms. The first-order chi connectivity index (χ1) is 13.0. The molecule has 140 valence electrons. The molecule has 0 fully saturated rings. The molecule has 0 aromatic carbocycles. The van der Waals surface area contributed by atoms with Crippen LogP contribution in [0.3, 0.4) is 0 Å². The van der Waals surface area contributed by atoms with Gasteiger partial charge in [-0.25, -0.2) is 9.97 Å². The van der Waals surface area contributed by atoms with Crippen LogP contribution in [0.4, 0.5) is 0 Å². The first kappa shape index (κ1) is 17.5. The van der Waals surface area contributed by atoms with Gasteiger partial charge in [0.05, 0.1) is 11.9 Å². The summed E-state index contributed by atoms with van der Waals surface area (Å²) in [6, 6.07) is 5.56. The molecule has 3 aromatic rings. The van der Waals surface area contributed by atoms with E-state index in [-0.39, 0.29) is 24.6 Å². The standard InChI is InChI=1S/C20H22N4O3/c1-12-3-6-17-14(7-12)8-16-19(23-17)22-11-24(20(16)26)10-18(25)21-9-15-5-4-13(2)27-15/h4-5,8,11-12H,3,6-7,9-10H2,1-2H3,(H,21,25). The third kappa shape index (κ3) is 3.63. The van der Waals surface area contributed by atoms with Crippen LogP contribution < -0.4 is 10.9 Å². The number of hydrogen-bond acceptors (Lipinski definition) is 5. The Morgan fingerprint density at radius 1 is 1.41 bits per heavy atom. The number of nitrogens with zero attached hydrogens (tertiary/aromatic N) is 3. The molecule has 3 aromatic heterocycles. The molecule has 1 atom stereocenters. The average molecular weight is 366 g/mol. The Bertz CT molecular complexity index is 1070. The Labute approximate surface area is 156 Å². The summed E-state index contributed by atoms with van der Waals surface area (Å²) >= 11 is 0. The van der Waals surface area contributed by atoms with E-state index in [9.17, 15) is 9.59 Å². The van der Waals surface area contributed by atoms with Gasteiger partial charge in [-0.15, -0.1) is 0 Å². The fourth-order valence-electron chi connectivity index (χ4n) is 3.51. The van der Waals surface area contributed by atoms with Crippen LogP contribution in [-0.4, -0.2) is 20.4 Å². The molecule has 4 rings (SSSR count). The summed E-state index contributed by atoms with van der Waals surface area (Å²) in [4.78, 5) is 33.9. The predicted molar refractivity (Wildman–Crippen MR) is 100 cm³/mol. The zero-order valence-electron chi connectivity index (χ0n) is 15.5. The minimum atomic E-state index is -0.271. The van der Waals surface area contributed by atoms with E-state index in [2.05, 4.69) is 22.2 Å². The van der Waals surface area contributed by atoms with Crippen molar-refractivity contribution in [3.63, 3.8) is 0 Å². The molecular formula is C20H22N4O3. The Kier molecular flexibility index (Phi) is 4.51. The van der Waals surface area contributed by atoms with Crippen molar-refractivity contribution in [2.75, 3.05) is 0 Å². The van der Waals surface area contributed by atoms with Gasteiger partial charge in [0.25, 0.3) is 5.56 Å². The van der Waals surface area contributed by atoms with Crippen molar-refractivity contribution in [3.8, 4) is 0 Å². The highest BCUT2D eigenvalue weighted by molar-refractivity contribution is 5.77. The predicted octanol–water partition coefficient (Wildman–Crippen LogP) is 2.13. The number of nitrogens with one attached hydrogen (secondary N) is 1. The quantitative estimate of drug-likeness (QED) is 0.764. The highest BCUT2D eigenvalue weighted by Gasteiger charge is 2.19. The molecule has 1 aliphatic rings. The summed E-state index contributed by atoms with van der Waals surface area (Å²) in [5.41, 5.74) is 2.38. The molecule has 0 bridgehead atoms. The van der Waals surface area contributed by atoms with E-state index in [1.165, 1.54) is 10.9 Å². The van der Waals surface area contributed by atoms with Crippen LogP contribution in [-0.2, 0) is 30.7 Å². The lowest BCUT2D eigenvalue weighted by Gasteiger charge is -2.20. The second-order valence-electron chi connectivity index (χ2n) is 7.28. The van der Waals surface area contributed by atoms with E-state index in [4.69, 9.17) is 4.42 Å². The number of pyridine rings is 1. The molecular weight excluding hydrogens is 344 g/mol. The smallest absolute Gasteiger partial charge is 0.263 e. The van der Waals surface area contributed by atoms with Gasteiger partial charge in [-0.3, -0.25) is 14.2 Å². The fourth-order valence-corrected chi connectivity index (χ4v) is 3.51. The Balaban J connectivity index is 1.54. The molecule has 1 amide bonds. The van der Waals surface area contributed by atoms with Gasteiger partial charge in [-0.05, 0) is 55.9 Å². The van der Waals surface area contributed by atoms with Crippen LogP contribution in [0.25, 0.3) is 11.0 Å². The monoisotopic (exact) mass is 366 g/mol. The lowest BCUT2D eigenvalue weighted by molar-refractivity contribution is -0.122. The van der Waals surface area contributed by atoms with E-state index in [1.54, 1.807) is 0 Å². The fraction of sp³-hybridized carbons (Fsp3) is 0.400. The molecule has 1 unspecified atom stereocenters. The van der Waals surface area contributed by atoms with E-state index in [0.717, 1.165) is 36.3 Å². The van der Waals surface area contributed by atoms with Crippen molar-refractivity contribution in [2.45, 2.75) is 46.2 Å². The molecule has 7 heteroatoms. The zero-order chi connectivity index (χ0) is 19.0. The summed E-state index contributed by atoms with van der Waals surface area (Å²) in [6.07, 6.45) is 4.35. The van der Waals surface area contributed by atoms with Crippen molar-refractivity contribution in [2.24, 2.45) is 5.92 Å². The maximum atomic E-state index is 12.8. The maximum Gasteiger partial charge on any atom is 0.263 e. The van der Waals surface area contributed by atoms with Gasteiger partial charge < -0.3 is 9.73 Å². The first-order valence-electron chi connectivity index (χ1n) is 9.19. The minimum Gasteiger partial charge on any atom is -0.465 e. The number of carbonyl (C=O) groups is 1. The molecule has 1 N–H and O–H groups in total. The number of carbonyl (C=O) groups excluding carboxylic acids is 1. The molecule has 7 nitrogen and oxygen atoms in total. The van der Waals surface area contributed by atoms with E-state index >= 15 is 0 Å². The van der Waals surface area contributed by atoms with E-state index in [0.29, 0.717) is 22.7 Å². The van der Waals surface area contributed by atoms with Crippen molar-refractivity contribution in [1.29, 1.82) is 0 Å². The van der Waals surface area contributed by atoms with Crippen LogP contribution in [0.2, 0.25) is 0 Å². The average Bonchev–Trinajstić information content (AvgIpc) is 3.07. The van der Waals surface area contributed by atoms with Gasteiger partial charge in [0.15, 0.2) is 5.65 Å². The Morgan fingerprint density at radius 3 is 3.04 bits per heavy atom. The van der Waals surface area contributed by atoms with Gasteiger partial charge in [-0.2, -0.15) is 0 Å². The topological polar surface area (TPSA) is 90.0 Å². The molecule has 0 saturated carbocycles. The summed E-state index contributed by atoms with van der Waals surface area (Å²) in [5.74, 6) is 1.78. The van der Waals surface area contributed by atoms with Gasteiger partial charge in [0.1, 0.15) is 24.4 Å². The third-order valence-electron chi connectivity index (χ3n) is 4.99. The van der Waals surface area contributed by atoms with Crippen molar-refractivity contribution in [1.82, 2.24) is 19.9 Å². The van der Waals surface area contributed by atoms with Gasteiger partial charge in [-0.1, -0.05) is 6.92 Å². The van der Waals surface area contributed by atoms with Crippen molar-refractivity contribution >= 4 is 16.9 Å². The van der Waals surface area contributed by atoms with Gasteiger partial charge >= 0.3 is 0 Å². The number of aryl methyl sites for hydroxylation is 2. The second-order valence-corrected chi connectivity index (χ2v) is 7.28. The summed E-state index contributed by atoms with van der Waals surface area (Å²) in [5, 5.41) is 3.23. The van der Waals surface area contributed by atoms with Gasteiger partial charge in [0.2, 0.25) is 5.91 Å². The Hall–Kier alpha value is -2.96. The SMILES string of the molecule is Cc1ccc(CNC(=O)Cn2cnc3nc4c(cc3c2=O)CC(C)CC4)o1. The Morgan fingerprint density at radius 2 is 2.26 bits per heavy atom. The van der Waals surface area contributed by atoms with Crippen LogP contribution >= 0.6 is 0 Å². The number of fused-ring (bicyclic) bond motifs is 2. The van der Waals surface area contributed by atoms with Crippen molar-refractivity contribution < 1.29 is 9.21 Å². The molecule has 3 heterocycles. The molecule has 0 saturated heterocycles. The van der Waals surface area contributed by atoms with E-state index < -0.39 is 0 Å². The van der Waals surface area contributed by atoms with Crippen LogP contribution in [0.15, 0.2) is 33.7 Å². The normalized spacial score (nSPS) is 16.3. The molecule has 0 spiro atoms. The second kappa shape index (κ2) is 6.98. The van der Waals surface area contributed by atoms with Crippen LogP contribution in [0, 0.1) is 12.8 Å². The highest BCUT2D eigenvalue weighted by Crippen LogP contribution is 2.25. The summed E-state index contributed by atoms with van der Waals surface area (Å²) in [6.45, 7) is 4.25. The lowest BCUT2D eigenvalue weighted by Crippen LogP contribution is -2.32. The molecule has 0 radical (unpaired) electrons. The summed E-state index contributed by atoms with van der Waals surface area (Å²) in [7, 11) is 0. The zero-order valence-corrected chi connectivity index (χ0v) is 15.5. The van der Waals surface area contributed by atoms with Crippen LogP contribution in [0.5, 0.6) is 0 Å². The minimum absolute atomic E-state index is 0.0883. The molecule has 0 aliphatic heterocycles. The number of rotatable bonds is 4. The summed E-state index contributed by atoms with van der Waals surface area (Å²) < 4.78 is 6.75. The number of hydrogen-bond donors (Lipinski definition) is 1. The lowest BCUT2D eigenvalue weighted by atomic mass is 9.87.